The molecule has 1 fully saturated rings. The molecule has 2 rings (SSSR count). The lowest BCUT2D eigenvalue weighted by Gasteiger charge is -2.13. The molecule has 1 aromatic heterocycles. The number of rotatable bonds is 4. The van der Waals surface area contributed by atoms with Crippen LogP contribution in [0.1, 0.15) is 5.56 Å². The highest BCUT2D eigenvalue weighted by atomic mass is 16.4. The van der Waals surface area contributed by atoms with Crippen molar-refractivity contribution in [3.05, 3.63) is 30.1 Å². The number of carbonyl (C=O) groups excluding carboxylic acids is 3. The summed E-state index contributed by atoms with van der Waals surface area (Å²) in [6, 6.07) is 2.33. The van der Waals surface area contributed by atoms with Crippen molar-refractivity contribution in [3.8, 4) is 0 Å². The van der Waals surface area contributed by atoms with Crippen molar-refractivity contribution < 1.29 is 24.3 Å². The van der Waals surface area contributed by atoms with Crippen molar-refractivity contribution in [1.82, 2.24) is 14.8 Å². The maximum atomic E-state index is 11.8. The van der Waals surface area contributed by atoms with Crippen molar-refractivity contribution in [2.24, 2.45) is 0 Å². The highest BCUT2D eigenvalue weighted by Crippen LogP contribution is 2.15. The number of carbonyl (C=O) groups is 4. The second-order valence-corrected chi connectivity index (χ2v) is 3.82. The van der Waals surface area contributed by atoms with E-state index in [9.17, 15) is 19.2 Å². The number of aliphatic carboxylic acids is 1. The molecule has 0 radical (unpaired) electrons. The minimum Gasteiger partial charge on any atom is -0.480 e. The Morgan fingerprint density at radius 2 is 1.89 bits per heavy atom. The van der Waals surface area contributed by atoms with Gasteiger partial charge in [0.25, 0.3) is 0 Å². The Balaban J connectivity index is 2.18. The summed E-state index contributed by atoms with van der Waals surface area (Å²) in [6.07, 6.45) is 2.98. The van der Waals surface area contributed by atoms with Crippen molar-refractivity contribution in [2.75, 3.05) is 6.54 Å². The van der Waals surface area contributed by atoms with Gasteiger partial charge < -0.3 is 5.11 Å². The first-order valence-corrected chi connectivity index (χ1v) is 5.28. The van der Waals surface area contributed by atoms with Gasteiger partial charge in [0.15, 0.2) is 0 Å². The molecule has 1 N–H and O–H groups in total. The molecule has 0 aromatic carbocycles. The molecule has 0 unspecified atom stereocenters. The van der Waals surface area contributed by atoms with Crippen LogP contribution in [0.2, 0.25) is 0 Å². The molecule has 19 heavy (non-hydrogen) atoms. The van der Waals surface area contributed by atoms with E-state index in [1.54, 1.807) is 12.1 Å². The molecule has 2 heterocycles. The van der Waals surface area contributed by atoms with E-state index >= 15 is 0 Å². The van der Waals surface area contributed by atoms with E-state index in [1.165, 1.54) is 12.4 Å². The van der Waals surface area contributed by atoms with Crippen molar-refractivity contribution in [2.45, 2.75) is 6.54 Å². The van der Waals surface area contributed by atoms with E-state index in [0.29, 0.717) is 15.4 Å². The number of carboxylic acids is 1. The van der Waals surface area contributed by atoms with Crippen LogP contribution in [0, 0.1) is 0 Å². The van der Waals surface area contributed by atoms with Gasteiger partial charge in [-0.05, 0) is 11.6 Å². The summed E-state index contributed by atoms with van der Waals surface area (Å²) < 4.78 is 0. The van der Waals surface area contributed by atoms with Crippen LogP contribution >= 0.6 is 0 Å². The third-order valence-electron chi connectivity index (χ3n) is 2.49. The fraction of sp³-hybridized carbons (Fsp3) is 0.182. The van der Waals surface area contributed by atoms with Crippen LogP contribution in [0.5, 0.6) is 0 Å². The van der Waals surface area contributed by atoms with Crippen molar-refractivity contribution in [3.63, 3.8) is 0 Å². The maximum absolute atomic E-state index is 11.8. The Labute approximate surface area is 107 Å². The van der Waals surface area contributed by atoms with Crippen LogP contribution in [0.4, 0.5) is 4.79 Å². The van der Waals surface area contributed by atoms with Gasteiger partial charge >= 0.3 is 23.8 Å². The molecule has 0 spiro atoms. The molecule has 1 aliphatic rings. The molecule has 0 bridgehead atoms. The lowest BCUT2D eigenvalue weighted by atomic mass is 10.3. The molecule has 8 heteroatoms. The third-order valence-corrected chi connectivity index (χ3v) is 2.49. The number of amides is 4. The molecule has 8 nitrogen and oxygen atoms in total. The molecule has 0 atom stereocenters. The summed E-state index contributed by atoms with van der Waals surface area (Å²) in [5.41, 5.74) is 0.564. The van der Waals surface area contributed by atoms with Crippen LogP contribution < -0.4 is 0 Å². The molecule has 98 valence electrons. The molecular formula is C11H9N3O5. The minimum absolute atomic E-state index is 0.118. The number of carboxylic acid groups (broad SMARTS) is 1. The van der Waals surface area contributed by atoms with Crippen LogP contribution in [0.15, 0.2) is 24.5 Å². The number of aromatic nitrogens is 1. The average Bonchev–Trinajstić information content (AvgIpc) is 2.57. The minimum atomic E-state index is -1.36. The predicted octanol–water partition coefficient (Wildman–Crippen LogP) is -0.543. The molecule has 0 saturated carbocycles. The second-order valence-electron chi connectivity index (χ2n) is 3.82. The van der Waals surface area contributed by atoms with Gasteiger partial charge in [0.1, 0.15) is 6.54 Å². The third kappa shape index (κ3) is 2.41. The Bertz CT molecular complexity index is 557. The first kappa shape index (κ1) is 12.7. The maximum Gasteiger partial charge on any atom is 0.335 e. The Morgan fingerprint density at radius 3 is 2.47 bits per heavy atom. The van der Waals surface area contributed by atoms with Gasteiger partial charge in [0.2, 0.25) is 0 Å². The predicted molar refractivity (Wildman–Crippen MR) is 59.5 cm³/mol. The van der Waals surface area contributed by atoms with Gasteiger partial charge in [0, 0.05) is 12.4 Å². The van der Waals surface area contributed by atoms with E-state index < -0.39 is 30.4 Å². The van der Waals surface area contributed by atoms with Crippen LogP contribution in [0.25, 0.3) is 0 Å². The summed E-state index contributed by atoms with van der Waals surface area (Å²) in [4.78, 5) is 50.3. The number of nitrogens with zero attached hydrogens (tertiary/aromatic N) is 3. The second kappa shape index (κ2) is 4.84. The van der Waals surface area contributed by atoms with E-state index in [1.807, 2.05) is 0 Å². The number of pyridine rings is 1. The fourth-order valence-electron chi connectivity index (χ4n) is 1.64. The average molecular weight is 263 g/mol. The van der Waals surface area contributed by atoms with Gasteiger partial charge in [-0.25, -0.2) is 9.69 Å². The summed E-state index contributed by atoms with van der Waals surface area (Å²) in [5.74, 6) is -3.52. The van der Waals surface area contributed by atoms with Crippen LogP contribution in [-0.2, 0) is 20.9 Å². The standard InChI is InChI=1S/C11H9N3O5/c15-8(16)6-14-10(18)9(17)13(11(14)19)5-7-2-1-3-12-4-7/h1-4H,5-6H2,(H,15,16). The first-order chi connectivity index (χ1) is 9.00. The summed E-state index contributed by atoms with van der Waals surface area (Å²) >= 11 is 0. The largest absolute Gasteiger partial charge is 0.480 e. The lowest BCUT2D eigenvalue weighted by molar-refractivity contribution is -0.146. The normalized spacial score (nSPS) is 15.3. The highest BCUT2D eigenvalue weighted by Gasteiger charge is 2.45. The topological polar surface area (TPSA) is 108 Å². The molecule has 0 aliphatic carbocycles. The van der Waals surface area contributed by atoms with E-state index in [4.69, 9.17) is 5.11 Å². The van der Waals surface area contributed by atoms with E-state index in [2.05, 4.69) is 4.98 Å². The number of imide groups is 2. The smallest absolute Gasteiger partial charge is 0.335 e. The van der Waals surface area contributed by atoms with Gasteiger partial charge in [-0.3, -0.25) is 24.3 Å². The Kier molecular flexibility index (Phi) is 3.23. The van der Waals surface area contributed by atoms with Gasteiger partial charge in [0.05, 0.1) is 6.54 Å². The van der Waals surface area contributed by atoms with Gasteiger partial charge in [-0.1, -0.05) is 6.07 Å². The summed E-state index contributed by atoms with van der Waals surface area (Å²) in [7, 11) is 0. The van der Waals surface area contributed by atoms with Crippen molar-refractivity contribution >= 4 is 23.8 Å². The zero-order valence-electron chi connectivity index (χ0n) is 9.65. The summed E-state index contributed by atoms with van der Waals surface area (Å²) in [6.45, 7) is -0.944. The van der Waals surface area contributed by atoms with Crippen LogP contribution in [0.3, 0.4) is 0 Å². The first-order valence-electron chi connectivity index (χ1n) is 5.28. The number of urea groups is 1. The van der Waals surface area contributed by atoms with Crippen molar-refractivity contribution in [1.29, 1.82) is 0 Å². The zero-order chi connectivity index (χ0) is 14.0. The monoisotopic (exact) mass is 263 g/mol. The van der Waals surface area contributed by atoms with E-state index in [0.717, 1.165) is 0 Å². The SMILES string of the molecule is O=C(O)CN1C(=O)C(=O)N(Cc2cccnc2)C1=O. The lowest BCUT2D eigenvalue weighted by Crippen LogP contribution is -2.36. The Hall–Kier alpha value is -2.77. The molecular weight excluding hydrogens is 254 g/mol. The zero-order valence-corrected chi connectivity index (χ0v) is 9.65. The van der Waals surface area contributed by atoms with Gasteiger partial charge in [-0.15, -0.1) is 0 Å². The molecule has 1 saturated heterocycles. The molecule has 1 aromatic rings. The molecule has 1 aliphatic heterocycles. The summed E-state index contributed by atoms with van der Waals surface area (Å²) in [5, 5.41) is 8.59. The van der Waals surface area contributed by atoms with Crippen LogP contribution in [-0.4, -0.2) is 50.2 Å². The Morgan fingerprint density at radius 1 is 1.21 bits per heavy atom. The van der Waals surface area contributed by atoms with Gasteiger partial charge in [-0.2, -0.15) is 0 Å². The number of hydrogen-bond acceptors (Lipinski definition) is 5. The highest BCUT2D eigenvalue weighted by molar-refractivity contribution is 6.44. The molecule has 4 amide bonds. The van der Waals surface area contributed by atoms with E-state index in [-0.39, 0.29) is 6.54 Å². The quantitative estimate of drug-likeness (QED) is 0.577. The number of hydrogen-bond donors (Lipinski definition) is 1. The fourth-order valence-corrected chi connectivity index (χ4v) is 1.64.